The van der Waals surface area contributed by atoms with Crippen LogP contribution in [0.2, 0.25) is 0 Å². The van der Waals surface area contributed by atoms with Crippen LogP contribution in [0.3, 0.4) is 0 Å². The summed E-state index contributed by atoms with van der Waals surface area (Å²) in [6.45, 7) is 3.58. The Hall–Kier alpha value is -1.77. The van der Waals surface area contributed by atoms with Gasteiger partial charge in [0, 0.05) is 25.3 Å². The molecule has 0 aliphatic carbocycles. The van der Waals surface area contributed by atoms with Crippen LogP contribution < -0.4 is 4.90 Å². The van der Waals surface area contributed by atoms with Gasteiger partial charge in [0.2, 0.25) is 10.0 Å². The smallest absolute Gasteiger partial charge is 0.270 e. The average Bonchev–Trinajstić information content (AvgIpc) is 3.27. The van der Waals surface area contributed by atoms with Gasteiger partial charge in [-0.2, -0.15) is 4.31 Å². The highest BCUT2D eigenvalue weighted by atomic mass is 32.2. The van der Waals surface area contributed by atoms with E-state index in [-0.39, 0.29) is 5.91 Å². The van der Waals surface area contributed by atoms with Crippen LogP contribution in [0, 0.1) is 6.92 Å². The first kappa shape index (κ1) is 17.6. The van der Waals surface area contributed by atoms with Gasteiger partial charge in [-0.25, -0.2) is 13.4 Å². The zero-order valence-electron chi connectivity index (χ0n) is 14.6. The molecule has 1 saturated heterocycles. The molecule has 8 heteroatoms. The van der Waals surface area contributed by atoms with E-state index in [4.69, 9.17) is 0 Å². The number of hydrogen-bond donors (Lipinski definition) is 0. The standard InChI is InChI=1S/C18H21N3O3S2/c1-13-17(25-12-19-13)18(22)21-10-7-14-11-15(5-6-16(14)21)26(23,24)20-8-3-2-4-9-20/h5-6,11-12H,2-4,7-10H2,1H3. The van der Waals surface area contributed by atoms with E-state index in [1.54, 1.807) is 32.9 Å². The van der Waals surface area contributed by atoms with Crippen LogP contribution in [0.1, 0.15) is 40.2 Å². The van der Waals surface area contributed by atoms with Crippen molar-refractivity contribution < 1.29 is 13.2 Å². The molecule has 0 bridgehead atoms. The fourth-order valence-corrected chi connectivity index (χ4v) is 5.95. The molecule has 6 nitrogen and oxygen atoms in total. The van der Waals surface area contributed by atoms with Gasteiger partial charge in [0.15, 0.2) is 0 Å². The summed E-state index contributed by atoms with van der Waals surface area (Å²) in [4.78, 5) is 19.6. The zero-order chi connectivity index (χ0) is 18.3. The highest BCUT2D eigenvalue weighted by molar-refractivity contribution is 7.89. The summed E-state index contributed by atoms with van der Waals surface area (Å²) >= 11 is 1.34. The summed E-state index contributed by atoms with van der Waals surface area (Å²) in [5, 5.41) is 0. The van der Waals surface area contributed by atoms with Crippen molar-refractivity contribution in [2.45, 2.75) is 37.5 Å². The molecule has 0 N–H and O–H groups in total. The summed E-state index contributed by atoms with van der Waals surface area (Å²) in [5.41, 5.74) is 4.13. The van der Waals surface area contributed by atoms with Gasteiger partial charge in [-0.05, 0) is 49.9 Å². The lowest BCUT2D eigenvalue weighted by molar-refractivity contribution is 0.0992. The third kappa shape index (κ3) is 2.95. The molecule has 2 aliphatic rings. The number of rotatable bonds is 3. The lowest BCUT2D eigenvalue weighted by Gasteiger charge is -2.26. The molecule has 1 fully saturated rings. The maximum atomic E-state index is 12.9. The van der Waals surface area contributed by atoms with Crippen molar-refractivity contribution in [2.24, 2.45) is 0 Å². The van der Waals surface area contributed by atoms with Crippen molar-refractivity contribution >= 4 is 33.0 Å². The molecule has 3 heterocycles. The predicted molar refractivity (Wildman–Crippen MR) is 101 cm³/mol. The lowest BCUT2D eigenvalue weighted by atomic mass is 10.2. The number of aryl methyl sites for hydroxylation is 1. The van der Waals surface area contributed by atoms with Crippen molar-refractivity contribution in [3.63, 3.8) is 0 Å². The van der Waals surface area contributed by atoms with Crippen molar-refractivity contribution in [2.75, 3.05) is 24.5 Å². The zero-order valence-corrected chi connectivity index (χ0v) is 16.3. The molecule has 0 radical (unpaired) electrons. The van der Waals surface area contributed by atoms with Crippen LogP contribution in [0.4, 0.5) is 5.69 Å². The number of piperidine rings is 1. The van der Waals surface area contributed by atoms with Crippen LogP contribution in [0.25, 0.3) is 0 Å². The first-order chi connectivity index (χ1) is 12.5. The van der Waals surface area contributed by atoms with Crippen molar-refractivity contribution in [3.8, 4) is 0 Å². The Labute approximate surface area is 157 Å². The Morgan fingerprint density at radius 1 is 1.15 bits per heavy atom. The molecule has 1 amide bonds. The van der Waals surface area contributed by atoms with Crippen molar-refractivity contribution in [1.29, 1.82) is 0 Å². The fraction of sp³-hybridized carbons (Fsp3) is 0.444. The first-order valence-electron chi connectivity index (χ1n) is 8.83. The van der Waals surface area contributed by atoms with Gasteiger partial charge in [-0.1, -0.05) is 6.42 Å². The molecule has 1 aromatic heterocycles. The topological polar surface area (TPSA) is 70.6 Å². The van der Waals surface area contributed by atoms with Crippen LogP contribution in [-0.2, 0) is 16.4 Å². The van der Waals surface area contributed by atoms with Gasteiger partial charge in [-0.3, -0.25) is 4.79 Å². The van der Waals surface area contributed by atoms with Crippen LogP contribution in [0.5, 0.6) is 0 Å². The molecule has 0 unspecified atom stereocenters. The van der Waals surface area contributed by atoms with Gasteiger partial charge in [0.25, 0.3) is 5.91 Å². The molecule has 1 aromatic carbocycles. The van der Waals surface area contributed by atoms with Gasteiger partial charge >= 0.3 is 0 Å². The third-order valence-corrected chi connectivity index (χ3v) is 7.90. The molecular formula is C18H21N3O3S2. The van der Waals surface area contributed by atoms with E-state index < -0.39 is 10.0 Å². The van der Waals surface area contributed by atoms with E-state index in [1.807, 2.05) is 6.92 Å². The van der Waals surface area contributed by atoms with E-state index in [0.29, 0.717) is 35.8 Å². The summed E-state index contributed by atoms with van der Waals surface area (Å²) < 4.78 is 27.3. The van der Waals surface area contributed by atoms with Gasteiger partial charge in [0.05, 0.1) is 16.1 Å². The number of carbonyl (C=O) groups is 1. The largest absolute Gasteiger partial charge is 0.307 e. The van der Waals surface area contributed by atoms with Crippen LogP contribution >= 0.6 is 11.3 Å². The monoisotopic (exact) mass is 391 g/mol. The van der Waals surface area contributed by atoms with Gasteiger partial charge < -0.3 is 4.90 Å². The van der Waals surface area contributed by atoms with E-state index >= 15 is 0 Å². The highest BCUT2D eigenvalue weighted by Crippen LogP contribution is 2.33. The Kier molecular flexibility index (Phi) is 4.58. The number of hydrogen-bond acceptors (Lipinski definition) is 5. The summed E-state index contributed by atoms with van der Waals surface area (Å²) in [6, 6.07) is 5.15. The molecule has 26 heavy (non-hydrogen) atoms. The maximum Gasteiger partial charge on any atom is 0.270 e. The number of anilines is 1. The minimum Gasteiger partial charge on any atom is -0.307 e. The van der Waals surface area contributed by atoms with E-state index in [2.05, 4.69) is 4.98 Å². The Morgan fingerprint density at radius 2 is 1.92 bits per heavy atom. The number of fused-ring (bicyclic) bond motifs is 1. The number of benzene rings is 1. The number of amides is 1. The Bertz CT molecular complexity index is 946. The predicted octanol–water partition coefficient (Wildman–Crippen LogP) is 2.83. The van der Waals surface area contributed by atoms with Gasteiger partial charge in [-0.15, -0.1) is 11.3 Å². The van der Waals surface area contributed by atoms with Gasteiger partial charge in [0.1, 0.15) is 4.88 Å². The highest BCUT2D eigenvalue weighted by Gasteiger charge is 2.31. The fourth-order valence-electron chi connectivity index (χ4n) is 3.63. The third-order valence-electron chi connectivity index (χ3n) is 5.08. The number of sulfonamides is 1. The second-order valence-corrected chi connectivity index (χ2v) is 9.52. The molecule has 0 saturated carbocycles. The number of thiazole rings is 1. The minimum absolute atomic E-state index is 0.0598. The van der Waals surface area contributed by atoms with E-state index in [0.717, 1.165) is 36.2 Å². The molecule has 2 aromatic rings. The van der Waals surface area contributed by atoms with Crippen molar-refractivity contribution in [3.05, 3.63) is 39.8 Å². The second-order valence-electron chi connectivity index (χ2n) is 6.73. The second kappa shape index (κ2) is 6.75. The minimum atomic E-state index is -3.45. The first-order valence-corrected chi connectivity index (χ1v) is 11.2. The van der Waals surface area contributed by atoms with E-state index in [1.165, 1.54) is 11.3 Å². The maximum absolute atomic E-state index is 12.9. The number of aromatic nitrogens is 1. The number of nitrogens with zero attached hydrogens (tertiary/aromatic N) is 3. The van der Waals surface area contributed by atoms with Crippen LogP contribution in [-0.4, -0.2) is 43.2 Å². The number of carbonyl (C=O) groups excluding carboxylic acids is 1. The van der Waals surface area contributed by atoms with Crippen LogP contribution in [0.15, 0.2) is 28.6 Å². The molecular weight excluding hydrogens is 370 g/mol. The summed E-state index contributed by atoms with van der Waals surface area (Å²) in [7, 11) is -3.45. The molecule has 138 valence electrons. The van der Waals surface area contributed by atoms with Crippen molar-refractivity contribution in [1.82, 2.24) is 9.29 Å². The van der Waals surface area contributed by atoms with E-state index in [9.17, 15) is 13.2 Å². The SMILES string of the molecule is Cc1ncsc1C(=O)N1CCc2cc(S(=O)(=O)N3CCCCC3)ccc21. The summed E-state index contributed by atoms with van der Waals surface area (Å²) in [6.07, 6.45) is 3.59. The Morgan fingerprint density at radius 3 is 2.62 bits per heavy atom. The summed E-state index contributed by atoms with van der Waals surface area (Å²) in [5.74, 6) is -0.0598. The molecule has 0 spiro atoms. The quantitative estimate of drug-likeness (QED) is 0.807. The normalized spacial score (nSPS) is 18.1. The molecule has 4 rings (SSSR count). The average molecular weight is 392 g/mol. The molecule has 2 aliphatic heterocycles. The molecule has 0 atom stereocenters. The lowest BCUT2D eigenvalue weighted by Crippen LogP contribution is -2.35. The Balaban J connectivity index is 1.63.